The van der Waals surface area contributed by atoms with Crippen molar-refractivity contribution in [3.05, 3.63) is 71.4 Å². The van der Waals surface area contributed by atoms with Gasteiger partial charge in [-0.15, -0.1) is 0 Å². The van der Waals surface area contributed by atoms with Crippen molar-refractivity contribution in [3.63, 3.8) is 0 Å². The van der Waals surface area contributed by atoms with Crippen LogP contribution < -0.4 is 5.32 Å². The van der Waals surface area contributed by atoms with E-state index in [1.54, 1.807) is 38.1 Å². The van der Waals surface area contributed by atoms with E-state index in [1.807, 2.05) is 0 Å². The van der Waals surface area contributed by atoms with Gasteiger partial charge in [-0.2, -0.15) is 13.2 Å². The van der Waals surface area contributed by atoms with Crippen LogP contribution in [0.25, 0.3) is 11.3 Å². The molecule has 11 heteroatoms. The predicted octanol–water partition coefficient (Wildman–Crippen LogP) is 5.20. The molecule has 2 aromatic heterocycles. The number of rotatable bonds is 7. The number of methoxy groups -OCH3 is 1. The summed E-state index contributed by atoms with van der Waals surface area (Å²) in [5.74, 6) is -0.604. The molecule has 1 aliphatic carbocycles. The number of esters is 1. The highest BCUT2D eigenvalue weighted by atomic mass is 32.2. The number of nitrogens with zero attached hydrogens (tertiary/aromatic N) is 2. The molecule has 0 atom stereocenters. The van der Waals surface area contributed by atoms with Gasteiger partial charge in [-0.1, -0.05) is 30.3 Å². The second kappa shape index (κ2) is 9.77. The SMILES string of the molecule is COC(=O)C1(C)CC(Nc2cccc(S(=O)(=O)Cc3ccc(C(F)(F)F)c(-c4ccccc4C)n3)n2)C1. The van der Waals surface area contributed by atoms with E-state index in [4.69, 9.17) is 4.74 Å². The van der Waals surface area contributed by atoms with E-state index in [2.05, 4.69) is 15.3 Å². The van der Waals surface area contributed by atoms with Crippen molar-refractivity contribution in [2.75, 3.05) is 12.4 Å². The molecule has 0 bridgehead atoms. The third-order valence-corrected chi connectivity index (χ3v) is 8.00. The van der Waals surface area contributed by atoms with Crippen molar-refractivity contribution in [2.24, 2.45) is 5.41 Å². The number of benzene rings is 1. The van der Waals surface area contributed by atoms with E-state index >= 15 is 0 Å². The van der Waals surface area contributed by atoms with Gasteiger partial charge in [0.25, 0.3) is 0 Å². The molecule has 7 nitrogen and oxygen atoms in total. The van der Waals surface area contributed by atoms with Crippen LogP contribution in [0.5, 0.6) is 0 Å². The van der Waals surface area contributed by atoms with E-state index in [-0.39, 0.29) is 34.0 Å². The molecule has 0 aliphatic heterocycles. The molecular formula is C26H26F3N3O4S. The van der Waals surface area contributed by atoms with Crippen LogP contribution in [-0.2, 0) is 31.3 Å². The van der Waals surface area contributed by atoms with Crippen molar-refractivity contribution in [1.29, 1.82) is 0 Å². The van der Waals surface area contributed by atoms with Gasteiger partial charge in [0.15, 0.2) is 5.03 Å². The minimum absolute atomic E-state index is 0.0285. The number of hydrogen-bond donors (Lipinski definition) is 1. The van der Waals surface area contributed by atoms with Crippen molar-refractivity contribution >= 4 is 21.6 Å². The lowest BCUT2D eigenvalue weighted by Crippen LogP contribution is -2.48. The molecule has 3 aromatic rings. The van der Waals surface area contributed by atoms with Crippen LogP contribution in [0.15, 0.2) is 59.6 Å². The minimum Gasteiger partial charge on any atom is -0.469 e. The lowest BCUT2D eigenvalue weighted by Gasteiger charge is -2.43. The summed E-state index contributed by atoms with van der Waals surface area (Å²) in [6, 6.07) is 12.8. The molecular weight excluding hydrogens is 507 g/mol. The van der Waals surface area contributed by atoms with Crippen LogP contribution in [-0.4, -0.2) is 37.5 Å². The number of halogens is 3. The predicted molar refractivity (Wildman–Crippen MR) is 131 cm³/mol. The summed E-state index contributed by atoms with van der Waals surface area (Å²) < 4.78 is 72.2. The molecule has 0 radical (unpaired) electrons. The molecule has 2 heterocycles. The highest BCUT2D eigenvalue weighted by Crippen LogP contribution is 2.43. The number of anilines is 1. The standard InChI is InChI=1S/C26H26F3N3O4S/c1-16-7-4-5-8-19(16)23-20(26(27,28)29)12-11-17(31-23)15-37(34,35)22-10-6-9-21(32-22)30-18-13-25(2,14-18)24(33)36-3/h4-12,18H,13-15H2,1-3H3,(H,30,32). The molecule has 1 N–H and O–H groups in total. The maximum atomic E-state index is 13.7. The third kappa shape index (κ3) is 5.61. The van der Waals surface area contributed by atoms with Crippen molar-refractivity contribution in [1.82, 2.24) is 9.97 Å². The zero-order valence-electron chi connectivity index (χ0n) is 20.5. The fourth-order valence-corrected chi connectivity index (χ4v) is 5.76. The van der Waals surface area contributed by atoms with Gasteiger partial charge in [0.1, 0.15) is 5.82 Å². The minimum atomic E-state index is -4.66. The summed E-state index contributed by atoms with van der Waals surface area (Å²) >= 11 is 0. The summed E-state index contributed by atoms with van der Waals surface area (Å²) in [6.45, 7) is 3.46. The van der Waals surface area contributed by atoms with Gasteiger partial charge < -0.3 is 10.1 Å². The topological polar surface area (TPSA) is 98.2 Å². The van der Waals surface area contributed by atoms with Gasteiger partial charge in [0.05, 0.1) is 35.2 Å². The Kier molecular flexibility index (Phi) is 7.02. The Labute approximate surface area is 213 Å². The zero-order valence-corrected chi connectivity index (χ0v) is 21.3. The van der Waals surface area contributed by atoms with Gasteiger partial charge in [-0.05, 0) is 56.5 Å². The Morgan fingerprint density at radius 1 is 1.08 bits per heavy atom. The third-order valence-electron chi connectivity index (χ3n) is 6.46. The zero-order chi connectivity index (χ0) is 27.0. The molecule has 1 saturated carbocycles. The largest absolute Gasteiger partial charge is 0.469 e. The van der Waals surface area contributed by atoms with Gasteiger partial charge in [0, 0.05) is 11.6 Å². The number of ether oxygens (including phenoxy) is 1. The first-order valence-electron chi connectivity index (χ1n) is 11.5. The first-order chi connectivity index (χ1) is 17.3. The van der Waals surface area contributed by atoms with E-state index in [9.17, 15) is 26.4 Å². The molecule has 1 fully saturated rings. The summed E-state index contributed by atoms with van der Waals surface area (Å²) in [5.41, 5.74) is -1.02. The molecule has 1 aromatic carbocycles. The fraction of sp³-hybridized carbons (Fsp3) is 0.346. The highest BCUT2D eigenvalue weighted by Gasteiger charge is 2.47. The second-order valence-corrected chi connectivity index (χ2v) is 11.4. The number of nitrogens with one attached hydrogen (secondary N) is 1. The number of carbonyl (C=O) groups excluding carboxylic acids is 1. The van der Waals surface area contributed by atoms with Crippen LogP contribution in [0.3, 0.4) is 0 Å². The maximum absolute atomic E-state index is 13.7. The molecule has 0 unspecified atom stereocenters. The number of hydrogen-bond acceptors (Lipinski definition) is 7. The van der Waals surface area contributed by atoms with Crippen molar-refractivity contribution in [3.8, 4) is 11.3 Å². The normalized spacial score (nSPS) is 19.7. The Balaban J connectivity index is 1.57. The van der Waals surface area contributed by atoms with E-state index in [0.29, 0.717) is 24.2 Å². The number of aromatic nitrogens is 2. The van der Waals surface area contributed by atoms with Gasteiger partial charge in [-0.3, -0.25) is 9.78 Å². The average Bonchev–Trinajstić information content (AvgIpc) is 2.82. The van der Waals surface area contributed by atoms with E-state index in [1.165, 1.54) is 25.3 Å². The molecule has 0 saturated heterocycles. The summed E-state index contributed by atoms with van der Waals surface area (Å²) in [4.78, 5) is 20.2. The second-order valence-electron chi connectivity index (χ2n) is 9.43. The smallest absolute Gasteiger partial charge is 0.418 e. The Bertz CT molecular complexity index is 1430. The van der Waals surface area contributed by atoms with Crippen LogP contribution in [0.4, 0.5) is 19.0 Å². The number of carbonyl (C=O) groups is 1. The number of sulfone groups is 1. The fourth-order valence-electron chi connectivity index (χ4n) is 4.54. The molecule has 4 rings (SSSR count). The monoisotopic (exact) mass is 533 g/mol. The average molecular weight is 534 g/mol. The van der Waals surface area contributed by atoms with Crippen molar-refractivity contribution < 1.29 is 31.1 Å². The number of aryl methyl sites for hydroxylation is 1. The van der Waals surface area contributed by atoms with E-state index < -0.39 is 32.7 Å². The maximum Gasteiger partial charge on any atom is 0.418 e. The quantitative estimate of drug-likeness (QED) is 0.417. The summed E-state index contributed by atoms with van der Waals surface area (Å²) in [5, 5.41) is 2.90. The lowest BCUT2D eigenvalue weighted by atomic mass is 9.67. The van der Waals surface area contributed by atoms with Crippen LogP contribution in [0.1, 0.15) is 36.6 Å². The first kappa shape index (κ1) is 26.6. The molecule has 0 amide bonds. The number of pyridine rings is 2. The van der Waals surface area contributed by atoms with Crippen LogP contribution >= 0.6 is 0 Å². The Morgan fingerprint density at radius 2 is 1.78 bits per heavy atom. The van der Waals surface area contributed by atoms with Crippen LogP contribution in [0, 0.1) is 12.3 Å². The van der Waals surface area contributed by atoms with Crippen LogP contribution in [0.2, 0.25) is 0 Å². The summed E-state index contributed by atoms with van der Waals surface area (Å²) in [7, 11) is -2.69. The number of alkyl halides is 3. The molecule has 37 heavy (non-hydrogen) atoms. The summed E-state index contributed by atoms with van der Waals surface area (Å²) in [6.07, 6.45) is -3.64. The highest BCUT2D eigenvalue weighted by molar-refractivity contribution is 7.90. The Morgan fingerprint density at radius 3 is 2.43 bits per heavy atom. The van der Waals surface area contributed by atoms with Gasteiger partial charge >= 0.3 is 12.1 Å². The first-order valence-corrected chi connectivity index (χ1v) is 13.2. The molecule has 1 aliphatic rings. The van der Waals surface area contributed by atoms with Gasteiger partial charge in [0.2, 0.25) is 9.84 Å². The van der Waals surface area contributed by atoms with Crippen molar-refractivity contribution in [2.45, 2.75) is 49.7 Å². The van der Waals surface area contributed by atoms with Gasteiger partial charge in [-0.25, -0.2) is 13.4 Å². The van der Waals surface area contributed by atoms with E-state index in [0.717, 1.165) is 12.1 Å². The Hall–Kier alpha value is -3.47. The molecule has 0 spiro atoms. The lowest BCUT2D eigenvalue weighted by molar-refractivity contribution is -0.157. The molecule has 196 valence electrons.